The monoisotopic (exact) mass is 467 g/mol. The Bertz CT molecular complexity index is 1280. The summed E-state index contributed by atoms with van der Waals surface area (Å²) in [4.78, 5) is 6.81. The SMILES string of the molecule is Cc1ccc(C(=NOC(c2ccccc2)(c2ccccc2)c2ccccc2)c2ccc(C)cc2)cc1. The Morgan fingerprint density at radius 2 is 0.806 bits per heavy atom. The topological polar surface area (TPSA) is 21.6 Å². The minimum absolute atomic E-state index is 0.794. The first kappa shape index (κ1) is 23.3. The summed E-state index contributed by atoms with van der Waals surface area (Å²) in [5, 5.41) is 4.94. The molecular formula is C34H29NO. The summed E-state index contributed by atoms with van der Waals surface area (Å²) in [7, 11) is 0. The van der Waals surface area contributed by atoms with Crippen LogP contribution < -0.4 is 0 Å². The molecule has 0 atom stereocenters. The van der Waals surface area contributed by atoms with E-state index in [-0.39, 0.29) is 0 Å². The van der Waals surface area contributed by atoms with E-state index in [4.69, 9.17) is 9.99 Å². The van der Waals surface area contributed by atoms with Gasteiger partial charge >= 0.3 is 0 Å². The summed E-state index contributed by atoms with van der Waals surface area (Å²) in [6.45, 7) is 4.18. The summed E-state index contributed by atoms with van der Waals surface area (Å²) in [5.41, 5.74) is 7.33. The second-order valence-corrected chi connectivity index (χ2v) is 9.04. The molecule has 0 aliphatic heterocycles. The van der Waals surface area contributed by atoms with Gasteiger partial charge in [0, 0.05) is 27.8 Å². The highest BCUT2D eigenvalue weighted by Gasteiger charge is 2.39. The van der Waals surface area contributed by atoms with Gasteiger partial charge in [-0.15, -0.1) is 0 Å². The fourth-order valence-corrected chi connectivity index (χ4v) is 4.49. The number of aryl methyl sites for hydroxylation is 2. The summed E-state index contributed by atoms with van der Waals surface area (Å²) in [6.07, 6.45) is 0. The molecule has 5 rings (SSSR count). The van der Waals surface area contributed by atoms with Crippen molar-refractivity contribution < 1.29 is 4.84 Å². The van der Waals surface area contributed by atoms with E-state index in [0.29, 0.717) is 0 Å². The maximum atomic E-state index is 6.81. The molecule has 0 spiro atoms. The van der Waals surface area contributed by atoms with Gasteiger partial charge in [-0.3, -0.25) is 0 Å². The van der Waals surface area contributed by atoms with Crippen LogP contribution in [0, 0.1) is 13.8 Å². The summed E-state index contributed by atoms with van der Waals surface area (Å²) >= 11 is 0. The van der Waals surface area contributed by atoms with Crippen LogP contribution in [0.4, 0.5) is 0 Å². The van der Waals surface area contributed by atoms with Gasteiger partial charge < -0.3 is 4.84 Å². The first-order chi connectivity index (χ1) is 17.7. The molecule has 0 N–H and O–H groups in total. The van der Waals surface area contributed by atoms with Crippen LogP contribution >= 0.6 is 0 Å². The lowest BCUT2D eigenvalue weighted by atomic mass is 9.80. The maximum absolute atomic E-state index is 6.81. The molecule has 2 heteroatoms. The van der Waals surface area contributed by atoms with Crippen LogP contribution in [0.25, 0.3) is 0 Å². The Kier molecular flexibility index (Phi) is 6.77. The molecule has 0 aliphatic carbocycles. The molecule has 0 radical (unpaired) electrons. The van der Waals surface area contributed by atoms with Crippen molar-refractivity contribution >= 4 is 5.71 Å². The lowest BCUT2D eigenvalue weighted by Gasteiger charge is -2.33. The predicted octanol–water partition coefficient (Wildman–Crippen LogP) is 8.06. The van der Waals surface area contributed by atoms with Crippen LogP contribution in [0.3, 0.4) is 0 Å². The first-order valence-corrected chi connectivity index (χ1v) is 12.2. The highest BCUT2D eigenvalue weighted by molar-refractivity contribution is 6.12. The molecule has 36 heavy (non-hydrogen) atoms. The number of rotatable bonds is 7. The fourth-order valence-electron chi connectivity index (χ4n) is 4.49. The van der Waals surface area contributed by atoms with Gasteiger partial charge in [0.2, 0.25) is 5.60 Å². The summed E-state index contributed by atoms with van der Waals surface area (Å²) in [6, 6.07) is 47.8. The van der Waals surface area contributed by atoms with Gasteiger partial charge in [0.15, 0.2) is 0 Å². The van der Waals surface area contributed by atoms with Crippen LogP contribution in [0.5, 0.6) is 0 Å². The van der Waals surface area contributed by atoms with Gasteiger partial charge in [-0.05, 0) is 13.8 Å². The van der Waals surface area contributed by atoms with Gasteiger partial charge in [-0.1, -0.05) is 156 Å². The zero-order valence-corrected chi connectivity index (χ0v) is 20.6. The molecule has 0 saturated heterocycles. The number of oxime groups is 1. The lowest BCUT2D eigenvalue weighted by Crippen LogP contribution is -2.31. The van der Waals surface area contributed by atoms with E-state index < -0.39 is 5.60 Å². The molecule has 0 amide bonds. The van der Waals surface area contributed by atoms with Gasteiger partial charge in [-0.2, -0.15) is 0 Å². The van der Waals surface area contributed by atoms with E-state index >= 15 is 0 Å². The van der Waals surface area contributed by atoms with Crippen LogP contribution in [0.2, 0.25) is 0 Å². The van der Waals surface area contributed by atoms with E-state index in [1.54, 1.807) is 0 Å². The average Bonchev–Trinajstić information content (AvgIpc) is 2.94. The standard InChI is InChI=1S/C34H29NO/c1-26-18-22-28(23-19-26)33(29-24-20-27(2)21-25-29)35-36-34(30-12-6-3-7-13-30,31-14-8-4-9-15-31)32-16-10-5-11-17-32/h3-25H,1-2H3. The van der Waals surface area contributed by atoms with Gasteiger partial charge in [-0.25, -0.2) is 0 Å². The smallest absolute Gasteiger partial charge is 0.212 e. The Morgan fingerprint density at radius 3 is 1.14 bits per heavy atom. The summed E-state index contributed by atoms with van der Waals surface area (Å²) < 4.78 is 0. The van der Waals surface area contributed by atoms with Crippen molar-refractivity contribution in [2.75, 3.05) is 0 Å². The van der Waals surface area contributed by atoms with Crippen molar-refractivity contribution in [3.05, 3.63) is 178 Å². The highest BCUT2D eigenvalue weighted by Crippen LogP contribution is 2.41. The molecule has 176 valence electrons. The third-order valence-corrected chi connectivity index (χ3v) is 6.46. The molecule has 0 unspecified atom stereocenters. The van der Waals surface area contributed by atoms with Crippen molar-refractivity contribution in [1.29, 1.82) is 0 Å². The molecule has 2 nitrogen and oxygen atoms in total. The van der Waals surface area contributed by atoms with Gasteiger partial charge in [0.05, 0.1) is 0 Å². The zero-order valence-electron chi connectivity index (χ0n) is 20.6. The molecular weight excluding hydrogens is 438 g/mol. The number of nitrogens with zero attached hydrogens (tertiary/aromatic N) is 1. The van der Waals surface area contributed by atoms with Crippen molar-refractivity contribution in [3.63, 3.8) is 0 Å². The largest absolute Gasteiger partial charge is 0.374 e. The third-order valence-electron chi connectivity index (χ3n) is 6.46. The molecule has 0 aromatic heterocycles. The molecule has 0 fully saturated rings. The second-order valence-electron chi connectivity index (χ2n) is 9.04. The quantitative estimate of drug-likeness (QED) is 0.135. The Morgan fingerprint density at radius 1 is 0.472 bits per heavy atom. The Labute approximate surface area is 213 Å². The van der Waals surface area contributed by atoms with Gasteiger partial charge in [0.1, 0.15) is 5.71 Å². The van der Waals surface area contributed by atoms with Gasteiger partial charge in [0.25, 0.3) is 0 Å². The van der Waals surface area contributed by atoms with E-state index in [2.05, 4.69) is 98.8 Å². The molecule has 0 aliphatic rings. The number of hydrogen-bond acceptors (Lipinski definition) is 2. The van der Waals surface area contributed by atoms with E-state index in [0.717, 1.165) is 33.5 Å². The molecule has 5 aromatic rings. The Hall–Kier alpha value is -4.43. The molecule has 0 heterocycles. The van der Waals surface area contributed by atoms with Crippen molar-refractivity contribution in [1.82, 2.24) is 0 Å². The van der Waals surface area contributed by atoms with Crippen LogP contribution in [0.15, 0.2) is 145 Å². The van der Waals surface area contributed by atoms with E-state index in [1.165, 1.54) is 11.1 Å². The third kappa shape index (κ3) is 4.71. The minimum Gasteiger partial charge on any atom is -0.374 e. The maximum Gasteiger partial charge on any atom is 0.212 e. The normalized spacial score (nSPS) is 11.1. The fraction of sp³-hybridized carbons (Fsp3) is 0.0882. The van der Waals surface area contributed by atoms with Crippen molar-refractivity contribution in [2.45, 2.75) is 19.4 Å². The lowest BCUT2D eigenvalue weighted by molar-refractivity contribution is 0.0175. The highest BCUT2D eigenvalue weighted by atomic mass is 16.7. The zero-order chi connectivity index (χ0) is 24.8. The van der Waals surface area contributed by atoms with Crippen molar-refractivity contribution in [3.8, 4) is 0 Å². The van der Waals surface area contributed by atoms with Crippen LogP contribution in [-0.2, 0) is 10.4 Å². The first-order valence-electron chi connectivity index (χ1n) is 12.2. The molecule has 0 bridgehead atoms. The summed E-state index contributed by atoms with van der Waals surface area (Å²) in [5.74, 6) is 0. The van der Waals surface area contributed by atoms with Crippen LogP contribution in [0.1, 0.15) is 38.9 Å². The van der Waals surface area contributed by atoms with Crippen LogP contribution in [-0.4, -0.2) is 5.71 Å². The number of benzene rings is 5. The Balaban J connectivity index is 1.74. The minimum atomic E-state index is -0.926. The molecule has 0 saturated carbocycles. The molecule has 5 aromatic carbocycles. The van der Waals surface area contributed by atoms with Crippen molar-refractivity contribution in [2.24, 2.45) is 5.16 Å². The predicted molar refractivity (Wildman–Crippen MR) is 148 cm³/mol. The second kappa shape index (κ2) is 10.5. The van der Waals surface area contributed by atoms with E-state index in [1.807, 2.05) is 54.6 Å². The number of hydrogen-bond donors (Lipinski definition) is 0. The average molecular weight is 468 g/mol. The van der Waals surface area contributed by atoms with E-state index in [9.17, 15) is 0 Å².